The molecule has 0 fully saturated rings. The quantitative estimate of drug-likeness (QED) is 0.557. The van der Waals surface area contributed by atoms with Crippen molar-refractivity contribution in [1.82, 2.24) is 0 Å². The van der Waals surface area contributed by atoms with Crippen LogP contribution in [0.4, 0.5) is 0 Å². The maximum Gasteiger partial charge on any atom is 0.0784 e. The number of fused-ring (bicyclic) bond motifs is 2. The van der Waals surface area contributed by atoms with E-state index in [1.165, 1.54) is 20.9 Å². The van der Waals surface area contributed by atoms with Crippen LogP contribution in [0.25, 0.3) is 0 Å². The fourth-order valence-electron chi connectivity index (χ4n) is 2.57. The summed E-state index contributed by atoms with van der Waals surface area (Å²) in [5.41, 5.74) is 0. The molecule has 0 unspecified atom stereocenters. The third kappa shape index (κ3) is 1.21. The van der Waals surface area contributed by atoms with Gasteiger partial charge in [0.25, 0.3) is 0 Å². The molecule has 0 spiro atoms. The van der Waals surface area contributed by atoms with E-state index in [2.05, 4.69) is 62.1 Å². The van der Waals surface area contributed by atoms with Crippen LogP contribution in [0.5, 0.6) is 0 Å². The summed E-state index contributed by atoms with van der Waals surface area (Å²) in [7, 11) is -1.23. The summed E-state index contributed by atoms with van der Waals surface area (Å²) in [6.07, 6.45) is 0. The van der Waals surface area contributed by atoms with Crippen LogP contribution in [0.15, 0.2) is 42.5 Å². The van der Waals surface area contributed by atoms with Gasteiger partial charge < -0.3 is 0 Å². The van der Waals surface area contributed by atoms with Crippen LogP contribution in [0, 0.1) is 20.9 Å². The molecule has 0 amide bonds. The van der Waals surface area contributed by atoms with Crippen LogP contribution < -0.4 is 5.19 Å². The lowest BCUT2D eigenvalue weighted by atomic mass is 10.0. The van der Waals surface area contributed by atoms with Crippen LogP contribution in [0.3, 0.4) is 0 Å². The number of benzene rings is 2. The van der Waals surface area contributed by atoms with E-state index >= 15 is 0 Å². The highest BCUT2D eigenvalue weighted by Crippen LogP contribution is 2.14. The predicted molar refractivity (Wildman–Crippen MR) is 71.2 cm³/mol. The third-order valence-electron chi connectivity index (χ3n) is 3.36. The largest absolute Gasteiger partial charge is 0.0784 e. The molecule has 0 radical (unpaired) electrons. The molecule has 0 N–H and O–H groups in total. The highest BCUT2D eigenvalue weighted by Gasteiger charge is 2.19. The monoisotopic (exact) mass is 224 g/mol. The van der Waals surface area contributed by atoms with Crippen LogP contribution in [-0.2, 0) is 0 Å². The summed E-state index contributed by atoms with van der Waals surface area (Å²) in [4.78, 5) is 0. The Bertz CT molecular complexity index is 736. The average molecular weight is 224 g/mol. The van der Waals surface area contributed by atoms with E-state index in [0.29, 0.717) is 0 Å². The van der Waals surface area contributed by atoms with Crippen LogP contribution in [0.1, 0.15) is 0 Å². The minimum absolute atomic E-state index is 1.23. The summed E-state index contributed by atoms with van der Waals surface area (Å²) in [6, 6.07) is 15.5. The lowest BCUT2D eigenvalue weighted by Crippen LogP contribution is -2.39. The highest BCUT2D eigenvalue weighted by molar-refractivity contribution is 6.88. The molecule has 2 aromatic rings. The highest BCUT2D eigenvalue weighted by atomic mass is 28.3. The summed E-state index contributed by atoms with van der Waals surface area (Å²) in [5.74, 6) is 0. The lowest BCUT2D eigenvalue weighted by molar-refractivity contribution is 1.30. The van der Waals surface area contributed by atoms with E-state index in [-0.39, 0.29) is 0 Å². The Labute approximate surface area is 96.6 Å². The SMILES string of the molecule is C[Si](C)(C)c1cccc2c1=c1ccccc1=2. The molecule has 16 heavy (non-hydrogen) atoms. The van der Waals surface area contributed by atoms with Gasteiger partial charge in [0.2, 0.25) is 0 Å². The van der Waals surface area contributed by atoms with Crippen molar-refractivity contribution in [2.45, 2.75) is 19.6 Å². The van der Waals surface area contributed by atoms with Crippen molar-refractivity contribution in [2.24, 2.45) is 0 Å². The number of hydrogen-bond acceptors (Lipinski definition) is 0. The second-order valence-electron chi connectivity index (χ2n) is 5.52. The van der Waals surface area contributed by atoms with Crippen molar-refractivity contribution in [1.29, 1.82) is 0 Å². The molecule has 1 heteroatoms. The molecule has 2 aromatic carbocycles. The molecule has 0 saturated carbocycles. The number of hydrogen-bond donors (Lipinski definition) is 0. The van der Waals surface area contributed by atoms with Crippen molar-refractivity contribution in [3.05, 3.63) is 63.3 Å². The Morgan fingerprint density at radius 3 is 2.00 bits per heavy atom. The van der Waals surface area contributed by atoms with Crippen molar-refractivity contribution < 1.29 is 0 Å². The molecule has 80 valence electrons. The van der Waals surface area contributed by atoms with Crippen molar-refractivity contribution >= 4 is 13.3 Å². The molecule has 0 aromatic heterocycles. The lowest BCUT2D eigenvalue weighted by Gasteiger charge is -2.20. The Balaban J connectivity index is 2.53. The average Bonchev–Trinajstić information content (AvgIpc) is 2.23. The first-order valence-electron chi connectivity index (χ1n) is 5.82. The Morgan fingerprint density at radius 1 is 0.688 bits per heavy atom. The minimum atomic E-state index is -1.23. The third-order valence-corrected chi connectivity index (χ3v) is 5.39. The van der Waals surface area contributed by atoms with E-state index in [1.54, 1.807) is 5.19 Å². The van der Waals surface area contributed by atoms with Gasteiger partial charge in [0.05, 0.1) is 8.07 Å². The molecule has 3 rings (SSSR count). The molecule has 0 bridgehead atoms. The Hall–Kier alpha value is -1.34. The first kappa shape index (κ1) is 9.85. The van der Waals surface area contributed by atoms with Gasteiger partial charge in [-0.05, 0) is 20.9 Å². The summed E-state index contributed by atoms with van der Waals surface area (Å²) >= 11 is 0. The van der Waals surface area contributed by atoms with Crippen LogP contribution >= 0.6 is 0 Å². The van der Waals surface area contributed by atoms with Crippen LogP contribution in [-0.4, -0.2) is 8.07 Å². The topological polar surface area (TPSA) is 0 Å². The second-order valence-corrected chi connectivity index (χ2v) is 10.6. The predicted octanol–water partition coefficient (Wildman–Crippen LogP) is 3.12. The van der Waals surface area contributed by atoms with Gasteiger partial charge in [-0.3, -0.25) is 0 Å². The summed E-state index contributed by atoms with van der Waals surface area (Å²) < 4.78 is 0. The molecular weight excluding hydrogens is 208 g/mol. The summed E-state index contributed by atoms with van der Waals surface area (Å²) in [6.45, 7) is 7.26. The van der Waals surface area contributed by atoms with Gasteiger partial charge in [0.1, 0.15) is 0 Å². The van der Waals surface area contributed by atoms with Gasteiger partial charge in [0, 0.05) is 0 Å². The zero-order valence-corrected chi connectivity index (χ0v) is 11.0. The maximum absolute atomic E-state index is 2.42. The fourth-order valence-corrected chi connectivity index (χ4v) is 4.18. The molecule has 1 aliphatic rings. The Morgan fingerprint density at radius 2 is 1.31 bits per heavy atom. The normalized spacial score (nSPS) is 12.7. The van der Waals surface area contributed by atoms with Gasteiger partial charge >= 0.3 is 0 Å². The molecule has 0 nitrogen and oxygen atoms in total. The van der Waals surface area contributed by atoms with E-state index in [0.717, 1.165) is 0 Å². The van der Waals surface area contributed by atoms with Gasteiger partial charge in [-0.25, -0.2) is 0 Å². The van der Waals surface area contributed by atoms with E-state index in [1.807, 2.05) is 0 Å². The van der Waals surface area contributed by atoms with Gasteiger partial charge in [-0.2, -0.15) is 0 Å². The first-order valence-corrected chi connectivity index (χ1v) is 9.32. The van der Waals surface area contributed by atoms with Gasteiger partial charge in [-0.15, -0.1) is 0 Å². The fraction of sp³-hybridized carbons (Fsp3) is 0.200. The van der Waals surface area contributed by atoms with Gasteiger partial charge in [0.15, 0.2) is 0 Å². The zero-order chi connectivity index (χ0) is 11.3. The zero-order valence-electron chi connectivity index (χ0n) is 10.0. The van der Waals surface area contributed by atoms with E-state index in [9.17, 15) is 0 Å². The smallest absolute Gasteiger partial charge is 0.0656 e. The van der Waals surface area contributed by atoms with E-state index < -0.39 is 8.07 Å². The van der Waals surface area contributed by atoms with Gasteiger partial charge in [-0.1, -0.05) is 67.3 Å². The van der Waals surface area contributed by atoms with E-state index in [4.69, 9.17) is 0 Å². The van der Waals surface area contributed by atoms with Crippen molar-refractivity contribution in [3.8, 4) is 0 Å². The second kappa shape index (κ2) is 3.08. The maximum atomic E-state index is 2.42. The molecule has 0 saturated heterocycles. The molecule has 0 aliphatic heterocycles. The molecule has 0 atom stereocenters. The van der Waals surface area contributed by atoms with Crippen molar-refractivity contribution in [3.63, 3.8) is 0 Å². The number of rotatable bonds is 1. The molecular formula is C15H16Si. The van der Waals surface area contributed by atoms with Crippen LogP contribution in [0.2, 0.25) is 19.6 Å². The Kier molecular flexibility index (Phi) is 1.90. The van der Waals surface area contributed by atoms with Crippen molar-refractivity contribution in [2.75, 3.05) is 0 Å². The minimum Gasteiger partial charge on any atom is -0.0656 e. The standard InChI is InChI=1S/C15H16Si/c1-16(2,3)14-10-6-9-13-11-7-4-5-8-12(11)15(13)14/h4-10H,1-3H3. The first-order chi connectivity index (χ1) is 7.59. The molecule has 1 aliphatic carbocycles. The molecule has 0 heterocycles. The summed E-state index contributed by atoms with van der Waals surface area (Å²) in [5, 5.41) is 7.46.